The Hall–Kier alpha value is -3.61. The van der Waals surface area contributed by atoms with E-state index in [2.05, 4.69) is 15.3 Å². The molecule has 1 aromatic heterocycles. The second-order valence-electron chi connectivity index (χ2n) is 6.79. The van der Waals surface area contributed by atoms with Gasteiger partial charge in [-0.05, 0) is 73.5 Å². The third kappa shape index (κ3) is 3.47. The van der Waals surface area contributed by atoms with E-state index < -0.39 is 28.9 Å². The van der Waals surface area contributed by atoms with Gasteiger partial charge in [0.25, 0.3) is 5.91 Å². The van der Waals surface area contributed by atoms with Crippen LogP contribution >= 0.6 is 0 Å². The molecule has 4 nitrogen and oxygen atoms in total. The highest BCUT2D eigenvalue weighted by atomic mass is 19.2. The largest absolute Gasteiger partial charge is 0.338 e. The van der Waals surface area contributed by atoms with Crippen LogP contribution in [0.3, 0.4) is 0 Å². The maximum absolute atomic E-state index is 13.8. The van der Waals surface area contributed by atoms with Crippen LogP contribution in [0.1, 0.15) is 21.5 Å². The van der Waals surface area contributed by atoms with Gasteiger partial charge in [-0.3, -0.25) is 4.79 Å². The van der Waals surface area contributed by atoms with E-state index in [0.717, 1.165) is 33.8 Å². The lowest BCUT2D eigenvalue weighted by molar-refractivity contribution is 0.102. The number of halogens is 3. The van der Waals surface area contributed by atoms with Gasteiger partial charge in [0.05, 0.1) is 16.6 Å². The number of aromatic nitrogens is 2. The number of nitrogens with zero attached hydrogens (tertiary/aromatic N) is 1. The van der Waals surface area contributed by atoms with Crippen molar-refractivity contribution in [1.29, 1.82) is 0 Å². The second-order valence-corrected chi connectivity index (χ2v) is 6.79. The van der Waals surface area contributed by atoms with Crippen molar-refractivity contribution >= 4 is 22.6 Å². The van der Waals surface area contributed by atoms with E-state index >= 15 is 0 Å². The summed E-state index contributed by atoms with van der Waals surface area (Å²) >= 11 is 0. The van der Waals surface area contributed by atoms with Gasteiger partial charge in [-0.25, -0.2) is 18.2 Å². The first-order valence-corrected chi connectivity index (χ1v) is 8.86. The topological polar surface area (TPSA) is 57.8 Å². The van der Waals surface area contributed by atoms with E-state index in [-0.39, 0.29) is 0 Å². The second kappa shape index (κ2) is 7.09. The molecule has 4 rings (SSSR count). The molecule has 0 radical (unpaired) electrons. The highest BCUT2D eigenvalue weighted by molar-refractivity contribution is 6.04. The average molecular weight is 395 g/mol. The average Bonchev–Trinajstić information content (AvgIpc) is 3.09. The number of hydrogen-bond donors (Lipinski definition) is 2. The van der Waals surface area contributed by atoms with Crippen LogP contribution in [0.2, 0.25) is 0 Å². The molecule has 146 valence electrons. The van der Waals surface area contributed by atoms with Crippen LogP contribution in [0.4, 0.5) is 18.9 Å². The number of nitrogens with one attached hydrogen (secondary N) is 2. The molecule has 2 N–H and O–H groups in total. The minimum absolute atomic E-state index is 0.380. The molecule has 0 fully saturated rings. The molecule has 29 heavy (non-hydrogen) atoms. The van der Waals surface area contributed by atoms with Gasteiger partial charge in [-0.2, -0.15) is 0 Å². The van der Waals surface area contributed by atoms with E-state index in [4.69, 9.17) is 0 Å². The number of aryl methyl sites for hydroxylation is 2. The summed E-state index contributed by atoms with van der Waals surface area (Å²) in [5.41, 5.74) is 4.70. The maximum Gasteiger partial charge on any atom is 0.258 e. The van der Waals surface area contributed by atoms with Crippen LogP contribution in [0.5, 0.6) is 0 Å². The number of hydrogen-bond acceptors (Lipinski definition) is 2. The molecule has 3 aromatic carbocycles. The highest BCUT2D eigenvalue weighted by Gasteiger charge is 2.19. The Balaban J connectivity index is 1.57. The molecule has 0 saturated carbocycles. The minimum atomic E-state index is -1.68. The molecule has 0 saturated heterocycles. The first kappa shape index (κ1) is 18.7. The summed E-state index contributed by atoms with van der Waals surface area (Å²) in [6.45, 7) is 4.05. The Morgan fingerprint density at radius 1 is 0.931 bits per heavy atom. The third-order valence-electron chi connectivity index (χ3n) is 4.79. The Labute approximate surface area is 164 Å². The standard InChI is InChI=1S/C22H16F3N3O/c1-11-9-17-18(10-12(11)2)28-21(27-17)13-3-5-14(6-4-13)26-22(29)15-7-8-16(23)20(25)19(15)24/h3-10H,1-2H3,(H,26,29)(H,27,28). The van der Waals surface area contributed by atoms with Crippen molar-refractivity contribution < 1.29 is 18.0 Å². The number of anilines is 1. The Morgan fingerprint density at radius 3 is 2.34 bits per heavy atom. The van der Waals surface area contributed by atoms with E-state index in [1.54, 1.807) is 24.3 Å². The molecule has 7 heteroatoms. The third-order valence-corrected chi connectivity index (χ3v) is 4.79. The fourth-order valence-electron chi connectivity index (χ4n) is 3.02. The summed E-state index contributed by atoms with van der Waals surface area (Å²) in [4.78, 5) is 20.0. The maximum atomic E-state index is 13.8. The summed E-state index contributed by atoms with van der Waals surface area (Å²) in [6, 6.07) is 12.4. The van der Waals surface area contributed by atoms with E-state index in [0.29, 0.717) is 17.6 Å². The molecule has 1 heterocycles. The molecular formula is C22H16F3N3O. The quantitative estimate of drug-likeness (QED) is 0.449. The monoisotopic (exact) mass is 395 g/mol. The van der Waals surface area contributed by atoms with E-state index in [1.807, 2.05) is 26.0 Å². The summed E-state index contributed by atoms with van der Waals surface area (Å²) < 4.78 is 40.1. The van der Waals surface area contributed by atoms with Crippen molar-refractivity contribution in [3.05, 3.63) is 82.7 Å². The van der Waals surface area contributed by atoms with Crippen molar-refractivity contribution in [3.63, 3.8) is 0 Å². The first-order valence-electron chi connectivity index (χ1n) is 8.86. The predicted molar refractivity (Wildman–Crippen MR) is 105 cm³/mol. The number of imidazole rings is 1. The predicted octanol–water partition coefficient (Wildman–Crippen LogP) is 5.52. The van der Waals surface area contributed by atoms with Gasteiger partial charge in [0.2, 0.25) is 0 Å². The minimum Gasteiger partial charge on any atom is -0.338 e. The Morgan fingerprint density at radius 2 is 1.62 bits per heavy atom. The molecule has 0 aliphatic carbocycles. The van der Waals surface area contributed by atoms with Gasteiger partial charge < -0.3 is 10.3 Å². The number of aromatic amines is 1. The Kier molecular flexibility index (Phi) is 4.58. The van der Waals surface area contributed by atoms with Gasteiger partial charge in [0.15, 0.2) is 17.5 Å². The molecule has 0 bridgehead atoms. The molecule has 4 aromatic rings. The highest BCUT2D eigenvalue weighted by Crippen LogP contribution is 2.24. The zero-order valence-electron chi connectivity index (χ0n) is 15.6. The fourth-order valence-corrected chi connectivity index (χ4v) is 3.02. The molecule has 0 aliphatic rings. The van der Waals surface area contributed by atoms with Crippen molar-refractivity contribution in [2.75, 3.05) is 5.32 Å². The van der Waals surface area contributed by atoms with Crippen LogP contribution in [0, 0.1) is 31.3 Å². The van der Waals surface area contributed by atoms with Crippen molar-refractivity contribution in [2.24, 2.45) is 0 Å². The van der Waals surface area contributed by atoms with Gasteiger partial charge in [-0.1, -0.05) is 0 Å². The lowest BCUT2D eigenvalue weighted by atomic mass is 10.1. The number of benzene rings is 3. The lowest BCUT2D eigenvalue weighted by Crippen LogP contribution is -2.15. The van der Waals surface area contributed by atoms with Crippen LogP contribution in [-0.2, 0) is 0 Å². The molecule has 0 atom stereocenters. The number of carbonyl (C=O) groups is 1. The number of fused-ring (bicyclic) bond motifs is 1. The Bertz CT molecular complexity index is 1210. The van der Waals surface area contributed by atoms with Gasteiger partial charge in [-0.15, -0.1) is 0 Å². The molecule has 1 amide bonds. The zero-order chi connectivity index (χ0) is 20.7. The molecule has 0 spiro atoms. The smallest absolute Gasteiger partial charge is 0.258 e. The van der Waals surface area contributed by atoms with Crippen LogP contribution in [0.15, 0.2) is 48.5 Å². The molecule has 0 unspecified atom stereocenters. The number of carbonyl (C=O) groups excluding carboxylic acids is 1. The van der Waals surface area contributed by atoms with Gasteiger partial charge in [0.1, 0.15) is 5.82 Å². The molecular weight excluding hydrogens is 379 g/mol. The van der Waals surface area contributed by atoms with Crippen LogP contribution < -0.4 is 5.32 Å². The summed E-state index contributed by atoms with van der Waals surface area (Å²) in [5.74, 6) is -4.74. The van der Waals surface area contributed by atoms with Crippen LogP contribution in [-0.4, -0.2) is 15.9 Å². The van der Waals surface area contributed by atoms with Crippen molar-refractivity contribution in [3.8, 4) is 11.4 Å². The lowest BCUT2D eigenvalue weighted by Gasteiger charge is -2.07. The van der Waals surface area contributed by atoms with Crippen molar-refractivity contribution in [1.82, 2.24) is 9.97 Å². The SMILES string of the molecule is Cc1cc2nc(-c3ccc(NC(=O)c4ccc(F)c(F)c4F)cc3)[nH]c2cc1C. The molecule has 0 aliphatic heterocycles. The van der Waals surface area contributed by atoms with E-state index in [1.165, 1.54) is 0 Å². The summed E-state index contributed by atoms with van der Waals surface area (Å²) in [5, 5.41) is 2.47. The van der Waals surface area contributed by atoms with Crippen molar-refractivity contribution in [2.45, 2.75) is 13.8 Å². The summed E-state index contributed by atoms with van der Waals surface area (Å²) in [7, 11) is 0. The van der Waals surface area contributed by atoms with Gasteiger partial charge in [0, 0.05) is 11.3 Å². The normalized spacial score (nSPS) is 11.1. The number of H-pyrrole nitrogens is 1. The van der Waals surface area contributed by atoms with Crippen LogP contribution in [0.25, 0.3) is 22.4 Å². The van der Waals surface area contributed by atoms with Gasteiger partial charge >= 0.3 is 0 Å². The number of amides is 1. The fraction of sp³-hybridized carbons (Fsp3) is 0.0909. The zero-order valence-corrected chi connectivity index (χ0v) is 15.6. The summed E-state index contributed by atoms with van der Waals surface area (Å²) in [6.07, 6.45) is 0. The number of rotatable bonds is 3. The first-order chi connectivity index (χ1) is 13.8. The van der Waals surface area contributed by atoms with E-state index in [9.17, 15) is 18.0 Å².